The largest absolute Gasteiger partial charge is 0.493 e. The van der Waals surface area contributed by atoms with Crippen molar-refractivity contribution in [2.45, 2.75) is 26.3 Å². The van der Waals surface area contributed by atoms with Crippen LogP contribution in [0.15, 0.2) is 12.1 Å². The Morgan fingerprint density at radius 2 is 2.21 bits per heavy atom. The Balaban J connectivity index is 2.86. The van der Waals surface area contributed by atoms with Crippen LogP contribution in [0.1, 0.15) is 25.3 Å². The zero-order valence-electron chi connectivity index (χ0n) is 11.5. The van der Waals surface area contributed by atoms with Gasteiger partial charge in [0.15, 0.2) is 11.5 Å². The molecule has 0 aliphatic heterocycles. The summed E-state index contributed by atoms with van der Waals surface area (Å²) < 4.78 is 11.1. The molecule has 0 aliphatic carbocycles. The number of nitrogens with one attached hydrogen (secondary N) is 1. The standard InChI is InChI=1S/C15H20ClNO2/c1-4-6-7-8-19-15-12(11-17-5-2)9-13(16)10-14(15)18-3/h1,9-10,17H,5-8,11H2,2-3H3. The monoisotopic (exact) mass is 281 g/mol. The van der Waals surface area contributed by atoms with E-state index in [9.17, 15) is 0 Å². The number of ether oxygens (including phenoxy) is 2. The van der Waals surface area contributed by atoms with Crippen LogP contribution in [0.25, 0.3) is 0 Å². The van der Waals surface area contributed by atoms with E-state index in [1.807, 2.05) is 6.07 Å². The van der Waals surface area contributed by atoms with Crippen molar-refractivity contribution in [1.82, 2.24) is 5.32 Å². The number of hydrogen-bond acceptors (Lipinski definition) is 3. The van der Waals surface area contributed by atoms with Gasteiger partial charge in [0.05, 0.1) is 13.7 Å². The van der Waals surface area contributed by atoms with E-state index >= 15 is 0 Å². The highest BCUT2D eigenvalue weighted by molar-refractivity contribution is 6.30. The molecule has 0 bridgehead atoms. The van der Waals surface area contributed by atoms with Crippen molar-refractivity contribution < 1.29 is 9.47 Å². The maximum atomic E-state index is 6.07. The van der Waals surface area contributed by atoms with E-state index in [4.69, 9.17) is 27.5 Å². The number of benzene rings is 1. The van der Waals surface area contributed by atoms with Crippen molar-refractivity contribution >= 4 is 11.6 Å². The van der Waals surface area contributed by atoms with E-state index in [0.717, 1.165) is 24.3 Å². The number of methoxy groups -OCH3 is 1. The minimum Gasteiger partial charge on any atom is -0.493 e. The molecule has 1 aromatic rings. The normalized spacial score (nSPS) is 10.0. The molecule has 0 amide bonds. The van der Waals surface area contributed by atoms with Crippen LogP contribution in [0, 0.1) is 12.3 Å². The predicted octanol–water partition coefficient (Wildman–Crippen LogP) is 3.25. The fourth-order valence-corrected chi connectivity index (χ4v) is 1.91. The quantitative estimate of drug-likeness (QED) is 0.586. The summed E-state index contributed by atoms with van der Waals surface area (Å²) in [6.07, 6.45) is 6.75. The van der Waals surface area contributed by atoms with Gasteiger partial charge in [0, 0.05) is 29.6 Å². The first-order valence-electron chi connectivity index (χ1n) is 6.36. The Hall–Kier alpha value is -1.37. The molecule has 0 aliphatic rings. The lowest BCUT2D eigenvalue weighted by atomic mass is 10.1. The first-order valence-corrected chi connectivity index (χ1v) is 6.74. The fourth-order valence-electron chi connectivity index (χ4n) is 1.68. The topological polar surface area (TPSA) is 30.5 Å². The Morgan fingerprint density at radius 3 is 2.84 bits per heavy atom. The van der Waals surface area contributed by atoms with Crippen LogP contribution in [0.4, 0.5) is 0 Å². The van der Waals surface area contributed by atoms with Crippen molar-refractivity contribution in [2.75, 3.05) is 20.3 Å². The molecule has 4 heteroatoms. The molecule has 1 N–H and O–H groups in total. The van der Waals surface area contributed by atoms with Crippen LogP contribution in [-0.2, 0) is 6.54 Å². The Morgan fingerprint density at radius 1 is 1.42 bits per heavy atom. The van der Waals surface area contributed by atoms with Gasteiger partial charge in [-0.1, -0.05) is 18.5 Å². The molecule has 0 fully saturated rings. The van der Waals surface area contributed by atoms with Gasteiger partial charge in [-0.2, -0.15) is 0 Å². The van der Waals surface area contributed by atoms with Crippen LogP contribution in [0.3, 0.4) is 0 Å². The molecule has 0 radical (unpaired) electrons. The number of halogens is 1. The lowest BCUT2D eigenvalue weighted by molar-refractivity contribution is 0.287. The summed E-state index contributed by atoms with van der Waals surface area (Å²) >= 11 is 6.07. The summed E-state index contributed by atoms with van der Waals surface area (Å²) in [5.74, 6) is 3.99. The molecule has 1 rings (SSSR count). The molecule has 19 heavy (non-hydrogen) atoms. The summed E-state index contributed by atoms with van der Waals surface area (Å²) in [5, 5.41) is 3.90. The van der Waals surface area contributed by atoms with Gasteiger partial charge < -0.3 is 14.8 Å². The molecule has 0 aromatic heterocycles. The molecule has 104 valence electrons. The molecule has 0 atom stereocenters. The lowest BCUT2D eigenvalue weighted by Gasteiger charge is -2.16. The van der Waals surface area contributed by atoms with Crippen LogP contribution in [-0.4, -0.2) is 20.3 Å². The lowest BCUT2D eigenvalue weighted by Crippen LogP contribution is -2.13. The van der Waals surface area contributed by atoms with Gasteiger partial charge in [0.2, 0.25) is 0 Å². The molecule has 1 aromatic carbocycles. The average Bonchev–Trinajstić information content (AvgIpc) is 2.42. The molecule has 0 unspecified atom stereocenters. The Kier molecular flexibility index (Phi) is 7.17. The molecular weight excluding hydrogens is 262 g/mol. The smallest absolute Gasteiger partial charge is 0.165 e. The van der Waals surface area contributed by atoms with Crippen LogP contribution < -0.4 is 14.8 Å². The van der Waals surface area contributed by atoms with Gasteiger partial charge in [0.25, 0.3) is 0 Å². The summed E-state index contributed by atoms with van der Waals surface area (Å²) in [6, 6.07) is 3.65. The van der Waals surface area contributed by atoms with Crippen molar-refractivity contribution in [1.29, 1.82) is 0 Å². The Bertz CT molecular complexity index is 441. The number of unbranched alkanes of at least 4 members (excludes halogenated alkanes) is 1. The maximum absolute atomic E-state index is 6.07. The molecule has 0 heterocycles. The van der Waals surface area contributed by atoms with Gasteiger partial charge in [0.1, 0.15) is 0 Å². The minimum absolute atomic E-state index is 0.571. The molecule has 0 saturated carbocycles. The molecular formula is C15H20ClNO2. The van der Waals surface area contributed by atoms with Crippen LogP contribution in [0.5, 0.6) is 11.5 Å². The third-order valence-corrected chi connectivity index (χ3v) is 2.81. The van der Waals surface area contributed by atoms with E-state index in [-0.39, 0.29) is 0 Å². The van der Waals surface area contributed by atoms with Crippen molar-refractivity contribution in [3.8, 4) is 23.8 Å². The summed E-state index contributed by atoms with van der Waals surface area (Å²) in [5.41, 5.74) is 0.993. The maximum Gasteiger partial charge on any atom is 0.165 e. The van der Waals surface area contributed by atoms with E-state index in [0.29, 0.717) is 30.3 Å². The second-order valence-corrected chi connectivity index (χ2v) is 4.47. The molecule has 3 nitrogen and oxygen atoms in total. The zero-order valence-corrected chi connectivity index (χ0v) is 12.2. The highest BCUT2D eigenvalue weighted by atomic mass is 35.5. The highest BCUT2D eigenvalue weighted by Gasteiger charge is 2.12. The van der Waals surface area contributed by atoms with E-state index in [1.165, 1.54) is 0 Å². The Labute approximate surface area is 120 Å². The zero-order chi connectivity index (χ0) is 14.1. The third kappa shape index (κ3) is 5.02. The summed E-state index contributed by atoms with van der Waals surface area (Å²) in [6.45, 7) is 4.19. The molecule has 0 spiro atoms. The van der Waals surface area contributed by atoms with Gasteiger partial charge in [-0.15, -0.1) is 12.3 Å². The SMILES string of the molecule is C#CCCCOc1c(CNCC)cc(Cl)cc1OC. The highest BCUT2D eigenvalue weighted by Crippen LogP contribution is 2.34. The van der Waals surface area contributed by atoms with Crippen molar-refractivity contribution in [3.63, 3.8) is 0 Å². The van der Waals surface area contributed by atoms with Gasteiger partial charge >= 0.3 is 0 Å². The van der Waals surface area contributed by atoms with Crippen molar-refractivity contribution in [3.05, 3.63) is 22.7 Å². The number of terminal acetylenes is 1. The second kappa shape index (κ2) is 8.68. The number of hydrogen-bond donors (Lipinski definition) is 1. The summed E-state index contributed by atoms with van der Waals surface area (Å²) in [4.78, 5) is 0. The average molecular weight is 282 g/mol. The first kappa shape index (κ1) is 15.7. The van der Waals surface area contributed by atoms with Crippen molar-refractivity contribution in [2.24, 2.45) is 0 Å². The summed E-state index contributed by atoms with van der Waals surface area (Å²) in [7, 11) is 1.61. The fraction of sp³-hybridized carbons (Fsp3) is 0.467. The van der Waals surface area contributed by atoms with Crippen LogP contribution >= 0.6 is 11.6 Å². The van der Waals surface area contributed by atoms with E-state index in [2.05, 4.69) is 18.2 Å². The number of rotatable bonds is 8. The van der Waals surface area contributed by atoms with E-state index in [1.54, 1.807) is 13.2 Å². The van der Waals surface area contributed by atoms with E-state index < -0.39 is 0 Å². The molecule has 0 saturated heterocycles. The first-order chi connectivity index (χ1) is 9.22. The van der Waals surface area contributed by atoms with Gasteiger partial charge in [-0.25, -0.2) is 0 Å². The van der Waals surface area contributed by atoms with Gasteiger partial charge in [-0.05, 0) is 19.0 Å². The van der Waals surface area contributed by atoms with Crippen LogP contribution in [0.2, 0.25) is 5.02 Å². The van der Waals surface area contributed by atoms with Gasteiger partial charge in [-0.3, -0.25) is 0 Å². The second-order valence-electron chi connectivity index (χ2n) is 4.03. The third-order valence-electron chi connectivity index (χ3n) is 2.59. The predicted molar refractivity (Wildman–Crippen MR) is 78.9 cm³/mol. The minimum atomic E-state index is 0.571.